The molecule has 3 amide bonds. The average molecular weight is 529 g/mol. The van der Waals surface area contributed by atoms with E-state index in [0.29, 0.717) is 22.5 Å². The number of para-hydroxylation sites is 2. The van der Waals surface area contributed by atoms with Gasteiger partial charge in [-0.3, -0.25) is 19.3 Å². The highest BCUT2D eigenvalue weighted by molar-refractivity contribution is 8.18. The first-order valence-corrected chi connectivity index (χ1v) is 12.7. The molecule has 1 fully saturated rings. The molecule has 3 aromatic rings. The number of amides is 3. The SMILES string of the molecule is O=C(CN1C(=O)S/C(=C\c2ccccc2OS(=O)(=O)c2ccc(Cl)cc2)C1=O)Nc1ccccc1. The van der Waals surface area contributed by atoms with Gasteiger partial charge in [0.05, 0.1) is 4.91 Å². The van der Waals surface area contributed by atoms with E-state index in [0.717, 1.165) is 4.90 Å². The van der Waals surface area contributed by atoms with Crippen molar-refractivity contribution in [3.05, 3.63) is 94.4 Å². The van der Waals surface area contributed by atoms with Gasteiger partial charge in [-0.15, -0.1) is 0 Å². The van der Waals surface area contributed by atoms with Crippen LogP contribution in [0.2, 0.25) is 5.02 Å². The third kappa shape index (κ3) is 5.91. The van der Waals surface area contributed by atoms with Gasteiger partial charge in [-0.05, 0) is 60.3 Å². The summed E-state index contributed by atoms with van der Waals surface area (Å²) in [6.07, 6.45) is 1.35. The summed E-state index contributed by atoms with van der Waals surface area (Å²) in [7, 11) is -4.18. The molecule has 0 radical (unpaired) electrons. The van der Waals surface area contributed by atoms with E-state index >= 15 is 0 Å². The van der Waals surface area contributed by atoms with Gasteiger partial charge in [0.2, 0.25) is 5.91 Å². The first-order chi connectivity index (χ1) is 16.7. The molecule has 0 unspecified atom stereocenters. The summed E-state index contributed by atoms with van der Waals surface area (Å²) in [5.74, 6) is -1.23. The number of thioether (sulfide) groups is 1. The highest BCUT2D eigenvalue weighted by Gasteiger charge is 2.36. The molecule has 0 saturated carbocycles. The van der Waals surface area contributed by atoms with Crippen LogP contribution in [-0.2, 0) is 19.7 Å². The van der Waals surface area contributed by atoms with Crippen LogP contribution in [-0.4, -0.2) is 36.9 Å². The lowest BCUT2D eigenvalue weighted by Crippen LogP contribution is -2.36. The van der Waals surface area contributed by atoms with E-state index in [1.54, 1.807) is 48.5 Å². The minimum Gasteiger partial charge on any atom is -0.378 e. The molecule has 35 heavy (non-hydrogen) atoms. The second kappa shape index (κ2) is 10.3. The molecule has 178 valence electrons. The van der Waals surface area contributed by atoms with Crippen molar-refractivity contribution < 1.29 is 27.0 Å². The maximum absolute atomic E-state index is 12.8. The number of nitrogens with zero attached hydrogens (tertiary/aromatic N) is 1. The van der Waals surface area contributed by atoms with Crippen molar-refractivity contribution in [3.8, 4) is 5.75 Å². The maximum Gasteiger partial charge on any atom is 0.339 e. The second-order valence-corrected chi connectivity index (χ2v) is 10.2. The van der Waals surface area contributed by atoms with Crippen molar-refractivity contribution in [2.24, 2.45) is 0 Å². The summed E-state index contributed by atoms with van der Waals surface area (Å²) in [5, 5.41) is 2.38. The summed E-state index contributed by atoms with van der Waals surface area (Å²) in [6.45, 7) is -0.458. The Kier molecular flexibility index (Phi) is 7.25. The normalized spacial score (nSPS) is 14.9. The zero-order valence-electron chi connectivity index (χ0n) is 17.9. The van der Waals surface area contributed by atoms with Gasteiger partial charge in [-0.25, -0.2) is 0 Å². The topological polar surface area (TPSA) is 110 Å². The molecular weight excluding hydrogens is 512 g/mol. The van der Waals surface area contributed by atoms with Crippen molar-refractivity contribution in [2.75, 3.05) is 11.9 Å². The summed E-state index contributed by atoms with van der Waals surface area (Å²) in [4.78, 5) is 38.3. The van der Waals surface area contributed by atoms with Crippen LogP contribution in [0.15, 0.2) is 88.7 Å². The number of hydrogen-bond donors (Lipinski definition) is 1. The molecule has 8 nitrogen and oxygen atoms in total. The van der Waals surface area contributed by atoms with Gasteiger partial charge in [-0.1, -0.05) is 48.0 Å². The van der Waals surface area contributed by atoms with E-state index in [1.807, 2.05) is 0 Å². The number of imide groups is 1. The molecule has 0 spiro atoms. The number of anilines is 1. The highest BCUT2D eigenvalue weighted by atomic mass is 35.5. The van der Waals surface area contributed by atoms with Gasteiger partial charge < -0.3 is 9.50 Å². The van der Waals surface area contributed by atoms with Gasteiger partial charge in [0.1, 0.15) is 17.2 Å². The molecule has 0 atom stereocenters. The fourth-order valence-corrected chi connectivity index (χ4v) is 5.00. The first-order valence-electron chi connectivity index (χ1n) is 10.1. The first kappa shape index (κ1) is 24.5. The number of rotatable bonds is 7. The van der Waals surface area contributed by atoms with Gasteiger partial charge in [0.15, 0.2) is 0 Å². The Hall–Kier alpha value is -3.60. The summed E-state index contributed by atoms with van der Waals surface area (Å²) >= 11 is 6.47. The summed E-state index contributed by atoms with van der Waals surface area (Å²) in [5.41, 5.74) is 0.803. The van der Waals surface area contributed by atoms with E-state index in [4.69, 9.17) is 15.8 Å². The molecule has 0 aromatic heterocycles. The number of benzene rings is 3. The van der Waals surface area contributed by atoms with E-state index in [1.165, 1.54) is 36.4 Å². The number of hydrogen-bond acceptors (Lipinski definition) is 7. The average Bonchev–Trinajstić information content (AvgIpc) is 3.08. The standard InChI is InChI=1S/C24H17ClN2O6S2/c25-17-10-12-19(13-11-17)35(31,32)33-20-9-5-4-6-16(20)14-21-23(29)27(24(30)34-21)15-22(28)26-18-7-2-1-3-8-18/h1-14H,15H2,(H,26,28)/b21-14-. The van der Waals surface area contributed by atoms with Crippen LogP contribution in [0.1, 0.15) is 5.56 Å². The molecule has 0 bridgehead atoms. The summed E-state index contributed by atoms with van der Waals surface area (Å²) in [6, 6.07) is 20.3. The lowest BCUT2D eigenvalue weighted by Gasteiger charge is -2.12. The number of nitrogens with one attached hydrogen (secondary N) is 1. The number of carbonyl (C=O) groups is 3. The fourth-order valence-electron chi connectivity index (χ4n) is 3.09. The second-order valence-electron chi connectivity index (χ2n) is 7.21. The van der Waals surface area contributed by atoms with Crippen molar-refractivity contribution >= 4 is 62.3 Å². The van der Waals surface area contributed by atoms with Crippen molar-refractivity contribution in [2.45, 2.75) is 4.90 Å². The third-order valence-electron chi connectivity index (χ3n) is 4.74. The third-order valence-corrected chi connectivity index (χ3v) is 7.15. The maximum atomic E-state index is 12.8. The Morgan fingerprint density at radius 3 is 2.34 bits per heavy atom. The molecule has 1 heterocycles. The van der Waals surface area contributed by atoms with Crippen LogP contribution in [0.3, 0.4) is 0 Å². The number of carbonyl (C=O) groups excluding carboxylic acids is 3. The minimum absolute atomic E-state index is 0.0300. The van der Waals surface area contributed by atoms with Crippen LogP contribution >= 0.6 is 23.4 Å². The lowest BCUT2D eigenvalue weighted by atomic mass is 10.2. The van der Waals surface area contributed by atoms with E-state index in [-0.39, 0.29) is 21.1 Å². The Labute approximate surface area is 210 Å². The van der Waals surface area contributed by atoms with E-state index in [9.17, 15) is 22.8 Å². The monoisotopic (exact) mass is 528 g/mol. The molecule has 1 saturated heterocycles. The molecule has 1 aliphatic rings. The Morgan fingerprint density at radius 2 is 1.63 bits per heavy atom. The predicted octanol–water partition coefficient (Wildman–Crippen LogP) is 4.78. The van der Waals surface area contributed by atoms with Crippen LogP contribution < -0.4 is 9.50 Å². The summed E-state index contributed by atoms with van der Waals surface area (Å²) < 4.78 is 30.6. The Bertz CT molecular complexity index is 1420. The molecule has 1 aliphatic heterocycles. The Morgan fingerprint density at radius 1 is 0.971 bits per heavy atom. The zero-order valence-corrected chi connectivity index (χ0v) is 20.3. The smallest absolute Gasteiger partial charge is 0.339 e. The van der Waals surface area contributed by atoms with Crippen molar-refractivity contribution in [3.63, 3.8) is 0 Å². The largest absolute Gasteiger partial charge is 0.378 e. The molecular formula is C24H17ClN2O6S2. The quantitative estimate of drug-likeness (QED) is 0.347. The van der Waals surface area contributed by atoms with Crippen LogP contribution in [0.4, 0.5) is 10.5 Å². The molecule has 11 heteroatoms. The van der Waals surface area contributed by atoms with Gasteiger partial charge in [-0.2, -0.15) is 8.42 Å². The number of halogens is 1. The van der Waals surface area contributed by atoms with Crippen molar-refractivity contribution in [1.82, 2.24) is 4.90 Å². The van der Waals surface area contributed by atoms with Crippen LogP contribution in [0.5, 0.6) is 5.75 Å². The molecule has 0 aliphatic carbocycles. The van der Waals surface area contributed by atoms with E-state index < -0.39 is 33.7 Å². The Balaban J connectivity index is 1.52. The van der Waals surface area contributed by atoms with Crippen LogP contribution in [0, 0.1) is 0 Å². The van der Waals surface area contributed by atoms with Gasteiger partial charge in [0.25, 0.3) is 11.1 Å². The molecule has 1 N–H and O–H groups in total. The molecule has 3 aromatic carbocycles. The van der Waals surface area contributed by atoms with Gasteiger partial charge in [0, 0.05) is 16.3 Å². The van der Waals surface area contributed by atoms with E-state index in [2.05, 4.69) is 5.32 Å². The minimum atomic E-state index is -4.18. The van der Waals surface area contributed by atoms with Gasteiger partial charge >= 0.3 is 10.1 Å². The van der Waals surface area contributed by atoms with Crippen LogP contribution in [0.25, 0.3) is 6.08 Å². The highest BCUT2D eigenvalue weighted by Crippen LogP contribution is 2.34. The fraction of sp³-hybridized carbons (Fsp3) is 0.0417. The lowest BCUT2D eigenvalue weighted by molar-refractivity contribution is -0.127. The van der Waals surface area contributed by atoms with Crippen molar-refractivity contribution in [1.29, 1.82) is 0 Å². The zero-order chi connectivity index (χ0) is 25.0. The molecule has 4 rings (SSSR count). The predicted molar refractivity (Wildman–Crippen MR) is 133 cm³/mol.